The van der Waals surface area contributed by atoms with E-state index in [0.717, 1.165) is 5.57 Å². The summed E-state index contributed by atoms with van der Waals surface area (Å²) in [7, 11) is 0. The fraction of sp³-hybridized carbons (Fsp3) is 0.286. The number of hydrogen-bond acceptors (Lipinski definition) is 2. The second-order valence-corrected chi connectivity index (χ2v) is 4.08. The minimum Gasteiger partial charge on any atom is -0.288 e. The second-order valence-electron chi connectivity index (χ2n) is 4.08. The Labute approximate surface area is 96.5 Å². The van der Waals surface area contributed by atoms with Crippen molar-refractivity contribution in [2.75, 3.05) is 0 Å². The van der Waals surface area contributed by atoms with Gasteiger partial charge in [0, 0.05) is 18.3 Å². The van der Waals surface area contributed by atoms with Crippen molar-refractivity contribution in [2.24, 2.45) is 15.9 Å². The summed E-state index contributed by atoms with van der Waals surface area (Å²) in [5, 5.41) is 0. The van der Waals surface area contributed by atoms with E-state index in [2.05, 4.69) is 35.6 Å². The number of dihydropyridines is 1. The average molecular weight is 212 g/mol. The summed E-state index contributed by atoms with van der Waals surface area (Å²) in [6.45, 7) is 6.05. The number of aliphatic imine (C=N–C) groups is 2. The van der Waals surface area contributed by atoms with Crippen LogP contribution in [0.5, 0.6) is 0 Å². The van der Waals surface area contributed by atoms with E-state index in [9.17, 15) is 0 Å². The topological polar surface area (TPSA) is 24.7 Å². The van der Waals surface area contributed by atoms with Crippen LogP contribution in [-0.4, -0.2) is 24.5 Å². The van der Waals surface area contributed by atoms with Gasteiger partial charge >= 0.3 is 0 Å². The standard InChI is InChI=1S/C14H16N2/c1-11-5-3-9-15-12(2)14-13(8-7-11)6-4-10-16-14/h3-10,12-14H,1H2,2H3/b5-3-,8-7-,15-9-. The van der Waals surface area contributed by atoms with Crippen LogP contribution < -0.4 is 0 Å². The highest BCUT2D eigenvalue weighted by atomic mass is 14.9. The molecule has 3 atom stereocenters. The van der Waals surface area contributed by atoms with Gasteiger partial charge in [-0.1, -0.05) is 30.9 Å². The average Bonchev–Trinajstić information content (AvgIpc) is 2.31. The van der Waals surface area contributed by atoms with E-state index in [1.807, 2.05) is 36.7 Å². The molecular weight excluding hydrogens is 196 g/mol. The van der Waals surface area contributed by atoms with Gasteiger partial charge in [0.15, 0.2) is 0 Å². The smallest absolute Gasteiger partial charge is 0.0817 e. The van der Waals surface area contributed by atoms with Crippen LogP contribution in [0.1, 0.15) is 6.92 Å². The zero-order valence-corrected chi connectivity index (χ0v) is 9.45. The number of nitrogens with zero attached hydrogens (tertiary/aromatic N) is 2. The summed E-state index contributed by atoms with van der Waals surface area (Å²) in [6, 6.07) is 0.406. The molecular formula is C14H16N2. The van der Waals surface area contributed by atoms with Crippen LogP contribution in [0.25, 0.3) is 0 Å². The molecule has 0 aromatic rings. The van der Waals surface area contributed by atoms with Crippen LogP contribution >= 0.6 is 0 Å². The maximum atomic E-state index is 4.50. The van der Waals surface area contributed by atoms with Crippen molar-refractivity contribution in [1.29, 1.82) is 0 Å². The largest absolute Gasteiger partial charge is 0.288 e. The Morgan fingerprint density at radius 1 is 1.06 bits per heavy atom. The van der Waals surface area contributed by atoms with Crippen molar-refractivity contribution < 1.29 is 0 Å². The monoisotopic (exact) mass is 212 g/mol. The van der Waals surface area contributed by atoms with E-state index in [-0.39, 0.29) is 12.1 Å². The van der Waals surface area contributed by atoms with Gasteiger partial charge in [-0.3, -0.25) is 9.98 Å². The first kappa shape index (κ1) is 10.8. The Morgan fingerprint density at radius 2 is 1.88 bits per heavy atom. The van der Waals surface area contributed by atoms with Crippen molar-refractivity contribution in [1.82, 2.24) is 0 Å². The molecule has 0 amide bonds. The minimum atomic E-state index is 0.201. The predicted octanol–water partition coefficient (Wildman–Crippen LogP) is 2.75. The number of rotatable bonds is 0. The molecule has 0 N–H and O–H groups in total. The molecule has 2 aliphatic heterocycles. The first-order chi connectivity index (χ1) is 7.77. The van der Waals surface area contributed by atoms with Crippen molar-refractivity contribution in [3.63, 3.8) is 0 Å². The molecule has 0 fully saturated rings. The molecule has 0 saturated heterocycles. The third kappa shape index (κ3) is 2.45. The Bertz CT molecular complexity index is 410. The van der Waals surface area contributed by atoms with Gasteiger partial charge in [0.2, 0.25) is 0 Å². The zero-order valence-electron chi connectivity index (χ0n) is 9.45. The van der Waals surface area contributed by atoms with Crippen LogP contribution in [0, 0.1) is 5.92 Å². The SMILES string of the molecule is C=C1/C=C\C=N/C(C)C2N=CC=CC2/C=C\1. The van der Waals surface area contributed by atoms with E-state index < -0.39 is 0 Å². The Kier molecular flexibility index (Phi) is 3.30. The van der Waals surface area contributed by atoms with Gasteiger partial charge < -0.3 is 0 Å². The summed E-state index contributed by atoms with van der Waals surface area (Å²) >= 11 is 0. The van der Waals surface area contributed by atoms with E-state index >= 15 is 0 Å². The number of hydrogen-bond donors (Lipinski definition) is 0. The summed E-state index contributed by atoms with van der Waals surface area (Å²) in [6.07, 6.45) is 15.9. The van der Waals surface area contributed by atoms with E-state index in [1.165, 1.54) is 0 Å². The third-order valence-electron chi connectivity index (χ3n) is 2.82. The van der Waals surface area contributed by atoms with Crippen LogP contribution in [0.4, 0.5) is 0 Å². The van der Waals surface area contributed by atoms with Crippen molar-refractivity contribution in [3.8, 4) is 0 Å². The molecule has 0 saturated carbocycles. The van der Waals surface area contributed by atoms with Gasteiger partial charge in [0.1, 0.15) is 0 Å². The fourth-order valence-electron chi connectivity index (χ4n) is 1.89. The Hall–Kier alpha value is -1.70. The first-order valence-electron chi connectivity index (χ1n) is 5.54. The number of allylic oxidation sites excluding steroid dienone is 5. The highest BCUT2D eigenvalue weighted by Crippen LogP contribution is 2.21. The van der Waals surface area contributed by atoms with Gasteiger partial charge in [-0.2, -0.15) is 0 Å². The third-order valence-corrected chi connectivity index (χ3v) is 2.82. The summed E-state index contributed by atoms with van der Waals surface area (Å²) in [5.74, 6) is 0.320. The molecule has 2 heterocycles. The van der Waals surface area contributed by atoms with Crippen LogP contribution in [0.15, 0.2) is 58.6 Å². The quantitative estimate of drug-likeness (QED) is 0.590. The lowest BCUT2D eigenvalue weighted by atomic mass is 9.91. The lowest BCUT2D eigenvalue weighted by Gasteiger charge is -2.24. The second kappa shape index (κ2) is 4.88. The molecule has 16 heavy (non-hydrogen) atoms. The summed E-state index contributed by atoms with van der Waals surface area (Å²) < 4.78 is 0. The number of fused-ring (bicyclic) bond motifs is 1. The Balaban J connectivity index is 2.31. The molecule has 2 heteroatoms. The first-order valence-corrected chi connectivity index (χ1v) is 5.54. The van der Waals surface area contributed by atoms with E-state index in [1.54, 1.807) is 0 Å². The minimum absolute atomic E-state index is 0.201. The van der Waals surface area contributed by atoms with E-state index in [4.69, 9.17) is 0 Å². The fourth-order valence-corrected chi connectivity index (χ4v) is 1.89. The highest BCUT2D eigenvalue weighted by Gasteiger charge is 2.23. The molecule has 3 unspecified atom stereocenters. The predicted molar refractivity (Wildman–Crippen MR) is 70.3 cm³/mol. The zero-order chi connectivity index (χ0) is 11.4. The van der Waals surface area contributed by atoms with Gasteiger partial charge in [-0.25, -0.2) is 0 Å². The molecule has 0 aliphatic carbocycles. The van der Waals surface area contributed by atoms with Crippen molar-refractivity contribution in [3.05, 3.63) is 48.6 Å². The molecule has 2 aliphatic rings. The molecule has 0 radical (unpaired) electrons. The van der Waals surface area contributed by atoms with Crippen LogP contribution in [-0.2, 0) is 0 Å². The van der Waals surface area contributed by atoms with Crippen LogP contribution in [0.3, 0.4) is 0 Å². The summed E-state index contributed by atoms with van der Waals surface area (Å²) in [5.41, 5.74) is 0.989. The van der Waals surface area contributed by atoms with Crippen molar-refractivity contribution >= 4 is 12.4 Å². The summed E-state index contributed by atoms with van der Waals surface area (Å²) in [4.78, 5) is 8.97. The molecule has 0 spiro atoms. The van der Waals surface area contributed by atoms with Gasteiger partial charge in [-0.05, 0) is 24.6 Å². The molecule has 2 rings (SSSR count). The molecule has 0 aromatic carbocycles. The van der Waals surface area contributed by atoms with E-state index in [0.29, 0.717) is 5.92 Å². The van der Waals surface area contributed by atoms with Gasteiger partial charge in [-0.15, -0.1) is 0 Å². The van der Waals surface area contributed by atoms with Gasteiger partial charge in [0.05, 0.1) is 12.1 Å². The molecule has 82 valence electrons. The molecule has 2 nitrogen and oxygen atoms in total. The van der Waals surface area contributed by atoms with Crippen LogP contribution in [0.2, 0.25) is 0 Å². The van der Waals surface area contributed by atoms with Gasteiger partial charge in [0.25, 0.3) is 0 Å². The highest BCUT2D eigenvalue weighted by molar-refractivity contribution is 5.74. The maximum absolute atomic E-state index is 4.50. The normalized spacial score (nSPS) is 38.8. The lowest BCUT2D eigenvalue weighted by molar-refractivity contribution is 0.501. The van der Waals surface area contributed by atoms with Crippen molar-refractivity contribution in [2.45, 2.75) is 19.0 Å². The lowest BCUT2D eigenvalue weighted by Crippen LogP contribution is -2.28. The molecule has 0 aromatic heterocycles. The Morgan fingerprint density at radius 3 is 2.75 bits per heavy atom. The maximum Gasteiger partial charge on any atom is 0.0817 e. The molecule has 0 bridgehead atoms.